The van der Waals surface area contributed by atoms with E-state index in [0.717, 1.165) is 43.5 Å². The number of fused-ring (bicyclic) bond motifs is 2. The summed E-state index contributed by atoms with van der Waals surface area (Å²) in [5.74, 6) is -0.126. The van der Waals surface area contributed by atoms with Gasteiger partial charge in [-0.2, -0.15) is 0 Å². The second-order valence-corrected chi connectivity index (χ2v) is 6.86. The second-order valence-electron chi connectivity index (χ2n) is 6.86. The number of aliphatic hydroxyl groups excluding tert-OH is 1. The Bertz CT molecular complexity index is 872. The number of carboxylic acid groups (broad SMARTS) is 1. The van der Waals surface area contributed by atoms with E-state index in [9.17, 15) is 15.0 Å². The molecule has 0 fully saturated rings. The van der Waals surface area contributed by atoms with Gasteiger partial charge in [0.1, 0.15) is 17.6 Å². The number of rotatable bonds is 4. The van der Waals surface area contributed by atoms with Gasteiger partial charge in [0.2, 0.25) is 0 Å². The fourth-order valence-corrected chi connectivity index (χ4v) is 3.86. The molecule has 0 spiro atoms. The SMILES string of the molecule is O=C(O)c1cc2c(c(CCn3cnc4c3NC=NCC4O)c1)CCCC2. The highest BCUT2D eigenvalue weighted by atomic mass is 16.4. The molecule has 4 rings (SSSR count). The first kappa shape index (κ1) is 16.8. The number of aliphatic hydroxyl groups is 1. The van der Waals surface area contributed by atoms with Crippen LogP contribution in [-0.2, 0) is 25.8 Å². The Morgan fingerprint density at radius 2 is 2.15 bits per heavy atom. The molecule has 1 aromatic carbocycles. The summed E-state index contributed by atoms with van der Waals surface area (Å²) in [6.07, 6.45) is 7.54. The van der Waals surface area contributed by atoms with Crippen LogP contribution in [-0.4, -0.2) is 38.6 Å². The van der Waals surface area contributed by atoms with Crippen molar-refractivity contribution in [3.05, 3.63) is 46.4 Å². The zero-order valence-electron chi connectivity index (χ0n) is 14.5. The van der Waals surface area contributed by atoms with E-state index in [4.69, 9.17) is 0 Å². The average Bonchev–Trinajstić information content (AvgIpc) is 2.96. The minimum Gasteiger partial charge on any atom is -0.478 e. The highest BCUT2D eigenvalue weighted by Gasteiger charge is 2.21. The van der Waals surface area contributed by atoms with Crippen LogP contribution in [0, 0.1) is 0 Å². The Kier molecular flexibility index (Phi) is 4.46. The number of carbonyl (C=O) groups is 1. The zero-order valence-corrected chi connectivity index (χ0v) is 14.5. The van der Waals surface area contributed by atoms with Gasteiger partial charge in [-0.3, -0.25) is 4.99 Å². The molecule has 1 unspecified atom stereocenters. The number of nitrogens with zero attached hydrogens (tertiary/aromatic N) is 3. The fraction of sp³-hybridized carbons (Fsp3) is 0.421. The lowest BCUT2D eigenvalue weighted by atomic mass is 9.85. The van der Waals surface area contributed by atoms with Gasteiger partial charge in [0.05, 0.1) is 24.8 Å². The van der Waals surface area contributed by atoms with Crippen molar-refractivity contribution in [1.29, 1.82) is 0 Å². The van der Waals surface area contributed by atoms with Crippen LogP contribution in [0.2, 0.25) is 0 Å². The molecule has 1 aromatic heterocycles. The van der Waals surface area contributed by atoms with Crippen LogP contribution < -0.4 is 5.32 Å². The van der Waals surface area contributed by atoms with Crippen LogP contribution in [0.3, 0.4) is 0 Å². The number of hydrogen-bond acceptors (Lipinski definition) is 5. The fourth-order valence-electron chi connectivity index (χ4n) is 3.86. The van der Waals surface area contributed by atoms with Gasteiger partial charge in [-0.25, -0.2) is 9.78 Å². The van der Waals surface area contributed by atoms with E-state index in [2.05, 4.69) is 15.3 Å². The third-order valence-electron chi connectivity index (χ3n) is 5.18. The molecule has 7 nitrogen and oxygen atoms in total. The third kappa shape index (κ3) is 3.10. The van der Waals surface area contributed by atoms with E-state index in [1.54, 1.807) is 12.7 Å². The first-order valence-corrected chi connectivity index (χ1v) is 8.99. The van der Waals surface area contributed by atoms with Crippen LogP contribution in [0.4, 0.5) is 5.82 Å². The molecule has 0 saturated carbocycles. The number of imidazole rings is 1. The Balaban J connectivity index is 1.62. The van der Waals surface area contributed by atoms with Crippen molar-refractivity contribution in [3.63, 3.8) is 0 Å². The number of aromatic carboxylic acids is 1. The lowest BCUT2D eigenvalue weighted by Gasteiger charge is -2.21. The van der Waals surface area contributed by atoms with E-state index < -0.39 is 12.1 Å². The van der Waals surface area contributed by atoms with Gasteiger partial charge < -0.3 is 20.1 Å². The van der Waals surface area contributed by atoms with Crippen LogP contribution in [0.15, 0.2) is 23.5 Å². The maximum atomic E-state index is 11.5. The number of carboxylic acids is 1. The summed E-state index contributed by atoms with van der Waals surface area (Å²) in [5.41, 5.74) is 4.55. The van der Waals surface area contributed by atoms with Gasteiger partial charge in [0, 0.05) is 6.54 Å². The van der Waals surface area contributed by atoms with E-state index in [0.29, 0.717) is 24.3 Å². The molecule has 0 saturated heterocycles. The Morgan fingerprint density at radius 1 is 1.31 bits per heavy atom. The molecule has 0 radical (unpaired) electrons. The second kappa shape index (κ2) is 6.92. The minimum atomic E-state index is -0.878. The molecule has 2 aliphatic rings. The van der Waals surface area contributed by atoms with Crippen molar-refractivity contribution in [2.75, 3.05) is 11.9 Å². The number of hydrogen-bond donors (Lipinski definition) is 3. The van der Waals surface area contributed by atoms with Crippen molar-refractivity contribution < 1.29 is 15.0 Å². The van der Waals surface area contributed by atoms with Crippen LogP contribution in [0.1, 0.15) is 51.7 Å². The highest BCUT2D eigenvalue weighted by molar-refractivity contribution is 5.88. The summed E-state index contributed by atoms with van der Waals surface area (Å²) in [7, 11) is 0. The van der Waals surface area contributed by atoms with E-state index in [1.807, 2.05) is 16.7 Å². The van der Waals surface area contributed by atoms with Crippen LogP contribution in [0.25, 0.3) is 0 Å². The molecule has 3 N–H and O–H groups in total. The maximum Gasteiger partial charge on any atom is 0.335 e. The van der Waals surface area contributed by atoms with Gasteiger partial charge >= 0.3 is 5.97 Å². The van der Waals surface area contributed by atoms with Crippen molar-refractivity contribution in [1.82, 2.24) is 9.55 Å². The van der Waals surface area contributed by atoms with Gasteiger partial charge in [0.25, 0.3) is 0 Å². The van der Waals surface area contributed by atoms with Crippen LogP contribution in [0.5, 0.6) is 0 Å². The molecule has 1 atom stereocenters. The first-order valence-electron chi connectivity index (χ1n) is 8.99. The molecule has 0 bridgehead atoms. The number of aryl methyl sites for hydroxylation is 3. The Morgan fingerprint density at radius 3 is 3.00 bits per heavy atom. The van der Waals surface area contributed by atoms with Gasteiger partial charge in [0.15, 0.2) is 0 Å². The molecule has 26 heavy (non-hydrogen) atoms. The van der Waals surface area contributed by atoms with Gasteiger partial charge in [-0.05, 0) is 60.9 Å². The van der Waals surface area contributed by atoms with E-state index in [1.165, 1.54) is 11.1 Å². The normalized spacial score (nSPS) is 18.6. The van der Waals surface area contributed by atoms with Crippen LogP contribution >= 0.6 is 0 Å². The standard InChI is InChI=1S/C19H22N4O3/c24-16-9-20-10-21-18-17(16)22-11-23(18)6-5-13-8-14(19(25)26)7-12-3-1-2-4-15(12)13/h7-8,10-11,16,24H,1-6,9H2,(H,20,21)(H,25,26). The van der Waals surface area contributed by atoms with Crippen molar-refractivity contribution in [2.24, 2.45) is 4.99 Å². The molecular weight excluding hydrogens is 332 g/mol. The van der Waals surface area contributed by atoms with Gasteiger partial charge in [-0.15, -0.1) is 0 Å². The molecule has 2 heterocycles. The molecule has 0 amide bonds. The van der Waals surface area contributed by atoms with E-state index in [-0.39, 0.29) is 0 Å². The number of nitrogens with one attached hydrogen (secondary N) is 1. The van der Waals surface area contributed by atoms with E-state index >= 15 is 0 Å². The summed E-state index contributed by atoms with van der Waals surface area (Å²) < 4.78 is 1.96. The summed E-state index contributed by atoms with van der Waals surface area (Å²) in [5, 5.41) is 22.6. The molecule has 1 aliphatic carbocycles. The summed E-state index contributed by atoms with van der Waals surface area (Å²) >= 11 is 0. The Hall–Kier alpha value is -2.67. The topological polar surface area (TPSA) is 99.7 Å². The summed E-state index contributed by atoms with van der Waals surface area (Å²) in [6, 6.07) is 3.64. The predicted molar refractivity (Wildman–Crippen MR) is 97.9 cm³/mol. The number of aliphatic imine (C=N–C) groups is 1. The lowest BCUT2D eigenvalue weighted by molar-refractivity contribution is 0.0696. The number of anilines is 1. The average molecular weight is 354 g/mol. The number of benzene rings is 1. The Labute approximate surface area is 151 Å². The quantitative estimate of drug-likeness (QED) is 0.781. The van der Waals surface area contributed by atoms with Crippen molar-refractivity contribution in [3.8, 4) is 0 Å². The third-order valence-corrected chi connectivity index (χ3v) is 5.18. The zero-order chi connectivity index (χ0) is 18.1. The summed E-state index contributed by atoms with van der Waals surface area (Å²) in [4.78, 5) is 19.9. The minimum absolute atomic E-state index is 0.297. The monoisotopic (exact) mass is 354 g/mol. The lowest BCUT2D eigenvalue weighted by Crippen LogP contribution is -2.13. The van der Waals surface area contributed by atoms with Gasteiger partial charge in [-0.1, -0.05) is 0 Å². The molecule has 2 aromatic rings. The highest BCUT2D eigenvalue weighted by Crippen LogP contribution is 2.28. The molecule has 7 heteroatoms. The maximum absolute atomic E-state index is 11.5. The predicted octanol–water partition coefficient (Wildman–Crippen LogP) is 2.19. The number of aromatic nitrogens is 2. The van der Waals surface area contributed by atoms with Crippen molar-refractivity contribution in [2.45, 2.75) is 44.8 Å². The summed E-state index contributed by atoms with van der Waals surface area (Å²) in [6.45, 7) is 0.955. The largest absolute Gasteiger partial charge is 0.478 e. The molecule has 1 aliphatic heterocycles. The molecular formula is C19H22N4O3. The molecule has 136 valence electrons. The first-order chi connectivity index (χ1) is 12.6. The smallest absolute Gasteiger partial charge is 0.335 e. The van der Waals surface area contributed by atoms with Crippen molar-refractivity contribution >= 4 is 18.1 Å².